The number of fused-ring (bicyclic) bond motifs is 6. The second kappa shape index (κ2) is 11.1. The van der Waals surface area contributed by atoms with Gasteiger partial charge in [-0.2, -0.15) is 0 Å². The lowest BCUT2D eigenvalue weighted by atomic mass is 9.85. The van der Waals surface area contributed by atoms with Crippen LogP contribution in [0.3, 0.4) is 0 Å². The zero-order valence-electron chi connectivity index (χ0n) is 43.3. The van der Waals surface area contributed by atoms with Crippen LogP contribution in [0.15, 0.2) is 186 Å². The highest BCUT2D eigenvalue weighted by Gasteiger charge is 2.18. The highest BCUT2D eigenvalue weighted by molar-refractivity contribution is 6.22. The Hall–Kier alpha value is -6.44. The molecule has 0 aliphatic carbocycles. The van der Waals surface area contributed by atoms with Gasteiger partial charge in [0.1, 0.15) is 11.2 Å². The van der Waals surface area contributed by atoms with Gasteiger partial charge in [-0.1, -0.05) is 157 Å². The van der Waals surface area contributed by atoms with Gasteiger partial charge in [0.25, 0.3) is 0 Å². The summed E-state index contributed by atoms with van der Waals surface area (Å²) in [7, 11) is 0. The first kappa shape index (κ1) is 15.2. The van der Waals surface area contributed by atoms with Crippen molar-refractivity contribution in [3.8, 4) is 44.5 Å². The first-order valence-electron chi connectivity index (χ1n) is 24.4. The number of benzene rings is 9. The van der Waals surface area contributed by atoms with E-state index in [1.165, 1.54) is 24.3 Å². The minimum atomic E-state index is -0.609. The summed E-state index contributed by atoms with van der Waals surface area (Å²) in [6.45, 7) is 0. The summed E-state index contributed by atoms with van der Waals surface area (Å²) < 4.78 is 165. The third-order valence-corrected chi connectivity index (χ3v) is 8.65. The van der Waals surface area contributed by atoms with Crippen molar-refractivity contribution >= 4 is 54.3 Å². The predicted octanol–water partition coefficient (Wildman–Crippen LogP) is 13.7. The van der Waals surface area contributed by atoms with Gasteiger partial charge in [0, 0.05) is 10.8 Å². The van der Waals surface area contributed by atoms with Crippen molar-refractivity contribution in [2.24, 2.45) is 0 Å². The molecule has 0 amide bonds. The maximum atomic E-state index is 9.62. The van der Waals surface area contributed by atoms with E-state index >= 15 is 0 Å². The van der Waals surface area contributed by atoms with Gasteiger partial charge in [0.2, 0.25) is 0 Å². The Balaban J connectivity index is 1.21. The number of rotatable bonds is 4. The van der Waals surface area contributed by atoms with Gasteiger partial charge < -0.3 is 4.42 Å². The third kappa shape index (κ3) is 4.55. The summed E-state index contributed by atoms with van der Waals surface area (Å²) in [5, 5.41) is 0.915. The van der Waals surface area contributed by atoms with Gasteiger partial charge in [-0.25, -0.2) is 0 Å². The van der Waals surface area contributed by atoms with Crippen molar-refractivity contribution in [1.29, 1.82) is 0 Å². The Morgan fingerprint density at radius 2 is 0.796 bits per heavy atom. The van der Waals surface area contributed by atoms with Crippen LogP contribution in [-0.4, -0.2) is 0 Å². The molecule has 1 nitrogen and oxygen atoms in total. The van der Waals surface area contributed by atoms with E-state index in [-0.39, 0.29) is 90.7 Å². The third-order valence-electron chi connectivity index (χ3n) is 8.65. The first-order chi connectivity index (χ1) is 31.8. The molecule has 0 N–H and O–H groups in total. The molecule has 0 radical (unpaired) electrons. The monoisotopic (exact) mass is 640 g/mol. The summed E-state index contributed by atoms with van der Waals surface area (Å²) in [6.07, 6.45) is 0. The van der Waals surface area contributed by atoms with E-state index < -0.39 is 78.6 Å². The molecule has 1 heterocycles. The van der Waals surface area contributed by atoms with Gasteiger partial charge in [0.15, 0.2) is 0 Å². The fraction of sp³-hybridized carbons (Fsp3) is 0. The van der Waals surface area contributed by atoms with Gasteiger partial charge in [0.05, 0.1) is 24.7 Å². The summed E-state index contributed by atoms with van der Waals surface area (Å²) in [5.74, 6) is 0. The van der Waals surface area contributed by atoms with Crippen LogP contribution in [0.25, 0.3) is 98.8 Å². The van der Waals surface area contributed by atoms with Gasteiger partial charge in [-0.3, -0.25) is 0 Å². The van der Waals surface area contributed by atoms with Crippen molar-refractivity contribution in [3.05, 3.63) is 182 Å². The first-order valence-corrected chi connectivity index (χ1v) is 15.4. The zero-order chi connectivity index (χ0) is 48.0. The molecule has 0 unspecified atom stereocenters. The van der Waals surface area contributed by atoms with E-state index in [2.05, 4.69) is 0 Å². The molecule has 0 bridgehead atoms. The minimum Gasteiger partial charge on any atom is -0.456 e. The molecule has 0 saturated heterocycles. The Morgan fingerprint density at radius 1 is 0.327 bits per heavy atom. The normalized spacial score (nSPS) is 16.8. The minimum absolute atomic E-state index is 0.0292. The second-order valence-corrected chi connectivity index (χ2v) is 11.4. The van der Waals surface area contributed by atoms with Crippen molar-refractivity contribution < 1.29 is 29.1 Å². The van der Waals surface area contributed by atoms with E-state index in [4.69, 9.17) is 19.5 Å². The highest BCUT2D eigenvalue weighted by Crippen LogP contribution is 2.45. The maximum absolute atomic E-state index is 9.62. The summed E-state index contributed by atoms with van der Waals surface area (Å²) in [5.41, 5.74) is 0.548. The maximum Gasteiger partial charge on any atom is 0.136 e. The Bertz CT molecular complexity index is 3780. The molecular weight excluding hydrogens is 593 g/mol. The standard InChI is InChI=1S/C48H30O/c1-2-10-31(11-3-1)32-18-20-33(21-19-32)34-22-24-35(25-23-34)47-40-14-6-8-16-42(40)48(43-17-9-7-15-41(43)47)38-26-27-39-44-28-36-12-4-5-13-37(36)29-46(44)49-45(39)30-38/h1-30H/i1D,2D,3D,4D,5D,10D,11D,12D,13D,22D,23D,24D,25D,26D,27D,28D,29D,30D. The number of hydrogen-bond donors (Lipinski definition) is 0. The molecule has 10 aromatic rings. The predicted molar refractivity (Wildman–Crippen MR) is 208 cm³/mol. The molecule has 0 aliphatic heterocycles. The van der Waals surface area contributed by atoms with E-state index in [1.807, 2.05) is 0 Å². The zero-order valence-corrected chi connectivity index (χ0v) is 25.3. The molecule has 0 spiro atoms. The average Bonchev–Trinajstić information content (AvgIpc) is 3.74. The number of hydrogen-bond acceptors (Lipinski definition) is 1. The topological polar surface area (TPSA) is 13.1 Å². The smallest absolute Gasteiger partial charge is 0.136 e. The van der Waals surface area contributed by atoms with E-state index in [0.29, 0.717) is 38.2 Å². The molecule has 0 saturated carbocycles. The molecule has 228 valence electrons. The molecule has 10 rings (SSSR count). The molecule has 1 heteroatoms. The molecule has 1 aromatic heterocycles. The largest absolute Gasteiger partial charge is 0.456 e. The molecule has 0 aliphatic rings. The van der Waals surface area contributed by atoms with Crippen LogP contribution in [0, 0.1) is 0 Å². The molecule has 0 atom stereocenters. The number of furan rings is 1. The average molecular weight is 641 g/mol. The second-order valence-electron chi connectivity index (χ2n) is 11.4. The van der Waals surface area contributed by atoms with E-state index in [0.717, 1.165) is 0 Å². The highest BCUT2D eigenvalue weighted by atomic mass is 16.3. The molecule has 0 fully saturated rings. The quantitative estimate of drug-likeness (QED) is 0.174. The van der Waals surface area contributed by atoms with Crippen LogP contribution in [0.2, 0.25) is 0 Å². The molecule has 49 heavy (non-hydrogen) atoms. The van der Waals surface area contributed by atoms with Crippen LogP contribution >= 0.6 is 0 Å². The fourth-order valence-corrected chi connectivity index (χ4v) is 6.43. The lowest BCUT2D eigenvalue weighted by Crippen LogP contribution is -1.91. The lowest BCUT2D eigenvalue weighted by molar-refractivity contribution is 0.669. The van der Waals surface area contributed by atoms with Crippen LogP contribution in [-0.2, 0) is 0 Å². The van der Waals surface area contributed by atoms with Crippen LogP contribution < -0.4 is 0 Å². The Labute approximate surface area is 309 Å². The fourth-order valence-electron chi connectivity index (χ4n) is 6.43. The van der Waals surface area contributed by atoms with Crippen LogP contribution in [0.5, 0.6) is 0 Å². The van der Waals surface area contributed by atoms with Gasteiger partial charge in [-0.05, 0) is 101 Å². The molecule has 9 aromatic carbocycles. The van der Waals surface area contributed by atoms with Crippen molar-refractivity contribution in [1.82, 2.24) is 0 Å². The van der Waals surface area contributed by atoms with Crippen LogP contribution in [0.4, 0.5) is 0 Å². The molecular formula is C48H30O. The van der Waals surface area contributed by atoms with E-state index in [9.17, 15) is 9.60 Å². The SMILES string of the molecule is [2H]c1c([2H])c([2H])c(-c2ccc(-c3c([2H])c([2H])c(-c4c5ccccc5c(-c5c([2H])c([2H])c6c(oc7c([2H])c8c([2H])c([2H])c([2H])c([2H])c8c([2H])c76)c5[2H])c5ccccc45)c([2H])c3[2H])cc2)c([2H])c1[2H]. The lowest BCUT2D eigenvalue weighted by Gasteiger charge is -2.18. The summed E-state index contributed by atoms with van der Waals surface area (Å²) >= 11 is 0. The Kier molecular flexibility index (Phi) is 3.43. The van der Waals surface area contributed by atoms with Crippen molar-refractivity contribution in [2.75, 3.05) is 0 Å². The van der Waals surface area contributed by atoms with Gasteiger partial charge >= 0.3 is 0 Å². The van der Waals surface area contributed by atoms with Crippen molar-refractivity contribution in [3.63, 3.8) is 0 Å². The summed E-state index contributed by atoms with van der Waals surface area (Å²) in [4.78, 5) is 0. The van der Waals surface area contributed by atoms with Crippen LogP contribution in [0.1, 0.15) is 24.7 Å². The van der Waals surface area contributed by atoms with Gasteiger partial charge in [-0.15, -0.1) is 0 Å². The van der Waals surface area contributed by atoms with Crippen molar-refractivity contribution in [2.45, 2.75) is 0 Å². The summed E-state index contributed by atoms with van der Waals surface area (Å²) in [6, 6.07) is 11.4. The van der Waals surface area contributed by atoms with E-state index in [1.54, 1.807) is 48.5 Å². The Morgan fingerprint density at radius 3 is 1.41 bits per heavy atom.